The maximum absolute atomic E-state index is 11.9. The normalized spacial score (nSPS) is 12.3. The van der Waals surface area contributed by atoms with Crippen LogP contribution in [0.1, 0.15) is 17.3 Å². The summed E-state index contributed by atoms with van der Waals surface area (Å²) in [5.41, 5.74) is 0.462. The fraction of sp³-hybridized carbons (Fsp3) is 0.300. The van der Waals surface area contributed by atoms with Crippen molar-refractivity contribution >= 4 is 33.3 Å². The standard InChI is InChI=1S/C10H9BrClFO2/c1-6(12)10(14)8-3-2-7(15-5-13)4-9(8)11/h2-4,6H,5H2,1H3. The summed E-state index contributed by atoms with van der Waals surface area (Å²) in [5.74, 6) is 0.179. The maximum Gasteiger partial charge on any atom is 0.228 e. The Morgan fingerprint density at radius 1 is 1.67 bits per heavy atom. The van der Waals surface area contributed by atoms with Gasteiger partial charge in [0.25, 0.3) is 0 Å². The summed E-state index contributed by atoms with van der Waals surface area (Å²) < 4.78 is 17.1. The van der Waals surface area contributed by atoms with Gasteiger partial charge in [-0.3, -0.25) is 4.79 Å². The van der Waals surface area contributed by atoms with Crippen LogP contribution in [0, 0.1) is 0 Å². The van der Waals surface area contributed by atoms with Gasteiger partial charge < -0.3 is 4.74 Å². The summed E-state index contributed by atoms with van der Waals surface area (Å²) in [5, 5.41) is -0.589. The second kappa shape index (κ2) is 5.47. The van der Waals surface area contributed by atoms with Crippen molar-refractivity contribution in [3.8, 4) is 5.75 Å². The number of hydrogen-bond donors (Lipinski definition) is 0. The fourth-order valence-corrected chi connectivity index (χ4v) is 1.73. The maximum atomic E-state index is 11.9. The second-order valence-corrected chi connectivity index (χ2v) is 4.38. The molecule has 1 aromatic carbocycles. The first kappa shape index (κ1) is 12.5. The minimum absolute atomic E-state index is 0.185. The molecule has 82 valence electrons. The van der Waals surface area contributed by atoms with E-state index in [1.54, 1.807) is 13.0 Å². The molecule has 2 nitrogen and oxygen atoms in total. The zero-order valence-corrected chi connectivity index (χ0v) is 10.3. The summed E-state index contributed by atoms with van der Waals surface area (Å²) >= 11 is 8.88. The molecule has 5 heteroatoms. The Hall–Kier alpha value is -0.610. The first-order valence-corrected chi connectivity index (χ1v) is 5.45. The van der Waals surface area contributed by atoms with Crippen molar-refractivity contribution in [2.75, 3.05) is 6.86 Å². The van der Waals surface area contributed by atoms with E-state index in [0.717, 1.165) is 0 Å². The summed E-state index contributed by atoms with van der Waals surface area (Å²) in [6.45, 7) is 0.702. The minimum atomic E-state index is -0.897. The monoisotopic (exact) mass is 294 g/mol. The molecule has 15 heavy (non-hydrogen) atoms. The minimum Gasteiger partial charge on any atom is -0.463 e. The van der Waals surface area contributed by atoms with Gasteiger partial charge in [-0.05, 0) is 41.1 Å². The van der Waals surface area contributed by atoms with Gasteiger partial charge in [-0.15, -0.1) is 11.6 Å². The Bertz CT molecular complexity index is 368. The number of halogens is 3. The molecule has 0 amide bonds. The molecular weight excluding hydrogens is 286 g/mol. The number of ketones is 1. The van der Waals surface area contributed by atoms with Gasteiger partial charge in [-0.25, -0.2) is 4.39 Å². The van der Waals surface area contributed by atoms with E-state index in [4.69, 9.17) is 11.6 Å². The van der Waals surface area contributed by atoms with E-state index in [1.807, 2.05) is 0 Å². The van der Waals surface area contributed by atoms with Gasteiger partial charge in [-0.1, -0.05) is 0 Å². The number of rotatable bonds is 4. The largest absolute Gasteiger partial charge is 0.463 e. The molecule has 0 heterocycles. The average molecular weight is 296 g/mol. The van der Waals surface area contributed by atoms with Crippen LogP contribution in [0.4, 0.5) is 4.39 Å². The molecule has 1 unspecified atom stereocenters. The van der Waals surface area contributed by atoms with Crippen molar-refractivity contribution in [2.24, 2.45) is 0 Å². The molecule has 0 spiro atoms. The van der Waals surface area contributed by atoms with E-state index in [1.165, 1.54) is 12.1 Å². The van der Waals surface area contributed by atoms with Crippen molar-refractivity contribution < 1.29 is 13.9 Å². The number of carbonyl (C=O) groups excluding carboxylic acids is 1. The zero-order chi connectivity index (χ0) is 11.4. The molecule has 0 aliphatic heterocycles. The van der Waals surface area contributed by atoms with Crippen molar-refractivity contribution in [3.63, 3.8) is 0 Å². The Labute approximate surface area is 101 Å². The molecule has 0 aliphatic carbocycles. The van der Waals surface area contributed by atoms with Gasteiger partial charge >= 0.3 is 0 Å². The summed E-state index contributed by atoms with van der Waals surface area (Å²) in [4.78, 5) is 11.6. The highest BCUT2D eigenvalue weighted by molar-refractivity contribution is 9.10. The average Bonchev–Trinajstić information content (AvgIpc) is 2.17. The van der Waals surface area contributed by atoms with Crippen LogP contribution in [-0.2, 0) is 0 Å². The van der Waals surface area contributed by atoms with Crippen LogP contribution in [0.5, 0.6) is 5.75 Å². The fourth-order valence-electron chi connectivity index (χ4n) is 1.06. The lowest BCUT2D eigenvalue weighted by Gasteiger charge is -2.07. The molecule has 0 bridgehead atoms. The first-order chi connectivity index (χ1) is 7.06. The molecule has 0 radical (unpaired) electrons. The highest BCUT2D eigenvalue weighted by atomic mass is 79.9. The lowest BCUT2D eigenvalue weighted by Crippen LogP contribution is -2.11. The van der Waals surface area contributed by atoms with E-state index in [0.29, 0.717) is 15.8 Å². The summed E-state index contributed by atoms with van der Waals surface area (Å²) in [6.07, 6.45) is 0. The molecule has 0 aromatic heterocycles. The van der Waals surface area contributed by atoms with Gasteiger partial charge in [0.1, 0.15) is 5.75 Å². The third kappa shape index (κ3) is 3.18. The molecular formula is C10H9BrClFO2. The highest BCUT2D eigenvalue weighted by Gasteiger charge is 2.15. The molecule has 1 atom stereocenters. The zero-order valence-electron chi connectivity index (χ0n) is 7.97. The van der Waals surface area contributed by atoms with Crippen LogP contribution >= 0.6 is 27.5 Å². The molecule has 0 saturated heterocycles. The topological polar surface area (TPSA) is 26.3 Å². The van der Waals surface area contributed by atoms with Crippen LogP contribution in [0.25, 0.3) is 0 Å². The van der Waals surface area contributed by atoms with Gasteiger partial charge in [0, 0.05) is 10.0 Å². The predicted molar refractivity (Wildman–Crippen MR) is 60.4 cm³/mol. The number of ether oxygens (including phenoxy) is 1. The van der Waals surface area contributed by atoms with Crippen LogP contribution < -0.4 is 4.74 Å². The van der Waals surface area contributed by atoms with Crippen molar-refractivity contribution in [3.05, 3.63) is 28.2 Å². The quantitative estimate of drug-likeness (QED) is 0.627. The van der Waals surface area contributed by atoms with E-state index >= 15 is 0 Å². The van der Waals surface area contributed by atoms with E-state index < -0.39 is 12.2 Å². The third-order valence-corrected chi connectivity index (χ3v) is 2.64. The van der Waals surface area contributed by atoms with E-state index in [2.05, 4.69) is 20.7 Å². The Balaban J connectivity index is 2.97. The summed E-state index contributed by atoms with van der Waals surface area (Å²) in [6, 6.07) is 4.61. The number of benzene rings is 1. The molecule has 0 aliphatic rings. The van der Waals surface area contributed by atoms with E-state index in [9.17, 15) is 9.18 Å². The van der Waals surface area contributed by atoms with Crippen molar-refractivity contribution in [1.29, 1.82) is 0 Å². The smallest absolute Gasteiger partial charge is 0.228 e. The SMILES string of the molecule is CC(Cl)C(=O)c1ccc(OCF)cc1Br. The number of Topliss-reactive ketones (excluding diaryl/α,β-unsaturated/α-hetero) is 1. The van der Waals surface area contributed by atoms with Crippen LogP contribution in [0.3, 0.4) is 0 Å². The highest BCUT2D eigenvalue weighted by Crippen LogP contribution is 2.25. The van der Waals surface area contributed by atoms with Crippen LogP contribution in [-0.4, -0.2) is 18.0 Å². The molecule has 1 aromatic rings. The lowest BCUT2D eigenvalue weighted by atomic mass is 10.1. The number of hydrogen-bond acceptors (Lipinski definition) is 2. The third-order valence-electron chi connectivity index (χ3n) is 1.79. The van der Waals surface area contributed by atoms with Gasteiger partial charge in [0.05, 0.1) is 5.38 Å². The van der Waals surface area contributed by atoms with Crippen molar-refractivity contribution in [2.45, 2.75) is 12.3 Å². The lowest BCUT2D eigenvalue weighted by molar-refractivity contribution is 0.0991. The van der Waals surface area contributed by atoms with Gasteiger partial charge in [-0.2, -0.15) is 0 Å². The second-order valence-electron chi connectivity index (χ2n) is 2.88. The Morgan fingerprint density at radius 2 is 2.33 bits per heavy atom. The van der Waals surface area contributed by atoms with Crippen LogP contribution in [0.2, 0.25) is 0 Å². The summed E-state index contributed by atoms with van der Waals surface area (Å²) in [7, 11) is 0. The first-order valence-electron chi connectivity index (χ1n) is 4.23. The number of carbonyl (C=O) groups is 1. The molecule has 0 N–H and O–H groups in total. The predicted octanol–water partition coefficient (Wildman–Crippen LogP) is 3.56. The molecule has 0 saturated carbocycles. The van der Waals surface area contributed by atoms with Gasteiger partial charge in [0.15, 0.2) is 5.78 Å². The number of alkyl halides is 2. The molecule has 0 fully saturated rings. The Morgan fingerprint density at radius 3 is 2.80 bits per heavy atom. The van der Waals surface area contributed by atoms with Crippen LogP contribution in [0.15, 0.2) is 22.7 Å². The van der Waals surface area contributed by atoms with E-state index in [-0.39, 0.29) is 5.78 Å². The van der Waals surface area contributed by atoms with Crippen molar-refractivity contribution in [1.82, 2.24) is 0 Å². The Kier molecular flexibility index (Phi) is 4.54. The molecule has 1 rings (SSSR count). The van der Waals surface area contributed by atoms with Gasteiger partial charge in [0.2, 0.25) is 6.86 Å².